The fourth-order valence-corrected chi connectivity index (χ4v) is 9.02. The van der Waals surface area contributed by atoms with Gasteiger partial charge in [-0.3, -0.25) is 0 Å². The summed E-state index contributed by atoms with van der Waals surface area (Å²) in [5, 5.41) is 0. The van der Waals surface area contributed by atoms with E-state index in [9.17, 15) is 1.37 Å². The SMILES string of the molecule is [2H]c1cc2c3c(c1)N(c1ccc(C(C)(C)C)cc1-c1ccc(C(C)(C)C)cc1)c1cc(C(C)(C)C)ccc1B3c1cc(C(C)(C)C)ccc1N2c1ccc(C(C)(C)C)cc1. The Bertz CT molecular complexity index is 2620. The predicted molar refractivity (Wildman–Crippen MR) is 259 cm³/mol. The van der Waals surface area contributed by atoms with Crippen LogP contribution >= 0.6 is 0 Å². The summed E-state index contributed by atoms with van der Waals surface area (Å²) in [6.45, 7) is 34.4. The van der Waals surface area contributed by atoms with Gasteiger partial charge in [0, 0.05) is 34.0 Å². The minimum atomic E-state index is -0.0645. The molecule has 59 heavy (non-hydrogen) atoms. The Balaban J connectivity index is 1.48. The van der Waals surface area contributed by atoms with Gasteiger partial charge in [-0.15, -0.1) is 0 Å². The summed E-state index contributed by atoms with van der Waals surface area (Å²) in [6, 6.07) is 44.5. The second kappa shape index (κ2) is 13.8. The zero-order chi connectivity index (χ0) is 43.5. The molecule has 0 amide bonds. The van der Waals surface area contributed by atoms with Gasteiger partial charge in [0.05, 0.1) is 7.06 Å². The van der Waals surface area contributed by atoms with E-state index in [4.69, 9.17) is 0 Å². The number of hydrogen-bond acceptors (Lipinski definition) is 2. The minimum absolute atomic E-state index is 0.0263. The molecule has 8 rings (SSSR count). The van der Waals surface area contributed by atoms with Crippen LogP contribution in [0.1, 0.15) is 133 Å². The maximum Gasteiger partial charge on any atom is 0.252 e. The van der Waals surface area contributed by atoms with Gasteiger partial charge in [0.2, 0.25) is 0 Å². The fourth-order valence-electron chi connectivity index (χ4n) is 9.02. The van der Waals surface area contributed by atoms with Gasteiger partial charge in [0.15, 0.2) is 0 Å². The first kappa shape index (κ1) is 39.4. The first-order valence-electron chi connectivity index (χ1n) is 22.2. The summed E-state index contributed by atoms with van der Waals surface area (Å²) in [5.41, 5.74) is 19.4. The topological polar surface area (TPSA) is 6.48 Å². The summed E-state index contributed by atoms with van der Waals surface area (Å²) in [7, 11) is 0. The van der Waals surface area contributed by atoms with Crippen molar-refractivity contribution in [3.8, 4) is 11.1 Å². The summed E-state index contributed by atoms with van der Waals surface area (Å²) < 4.78 is 9.58. The van der Waals surface area contributed by atoms with Crippen LogP contribution in [0.2, 0.25) is 0 Å². The molecule has 0 N–H and O–H groups in total. The molecular formula is C56H65BN2. The summed E-state index contributed by atoms with van der Waals surface area (Å²) in [4.78, 5) is 4.94. The molecule has 0 saturated carbocycles. The monoisotopic (exact) mass is 778 g/mol. The molecule has 0 unspecified atom stereocenters. The average molecular weight is 778 g/mol. The molecule has 0 aliphatic carbocycles. The molecule has 2 aliphatic rings. The van der Waals surface area contributed by atoms with E-state index >= 15 is 0 Å². The van der Waals surface area contributed by atoms with Crippen LogP contribution in [0.25, 0.3) is 11.1 Å². The van der Waals surface area contributed by atoms with Crippen molar-refractivity contribution < 1.29 is 1.37 Å². The molecular weight excluding hydrogens is 711 g/mol. The molecule has 0 fully saturated rings. The number of hydrogen-bond donors (Lipinski definition) is 0. The van der Waals surface area contributed by atoms with Crippen molar-refractivity contribution in [2.24, 2.45) is 0 Å². The minimum Gasteiger partial charge on any atom is -0.311 e. The molecule has 0 atom stereocenters. The lowest BCUT2D eigenvalue weighted by Crippen LogP contribution is -2.61. The molecule has 0 aromatic heterocycles. The first-order chi connectivity index (χ1) is 27.8. The second-order valence-electron chi connectivity index (χ2n) is 22.4. The lowest BCUT2D eigenvalue weighted by Gasteiger charge is -2.45. The molecule has 2 heterocycles. The Labute approximate surface area is 358 Å². The Morgan fingerprint density at radius 3 is 1.36 bits per heavy atom. The van der Waals surface area contributed by atoms with Crippen LogP contribution in [0.5, 0.6) is 0 Å². The van der Waals surface area contributed by atoms with Gasteiger partial charge in [-0.2, -0.15) is 0 Å². The lowest BCUT2D eigenvalue weighted by atomic mass is 9.33. The Morgan fingerprint density at radius 1 is 0.373 bits per heavy atom. The number of anilines is 6. The normalized spacial score (nSPS) is 14.5. The number of nitrogens with zero attached hydrogens (tertiary/aromatic N) is 2. The summed E-state index contributed by atoms with van der Waals surface area (Å²) in [5.74, 6) is 0. The zero-order valence-corrected chi connectivity index (χ0v) is 38.4. The highest BCUT2D eigenvalue weighted by molar-refractivity contribution is 7.00. The molecule has 3 heteroatoms. The van der Waals surface area contributed by atoms with Crippen molar-refractivity contribution in [3.63, 3.8) is 0 Å². The highest BCUT2D eigenvalue weighted by atomic mass is 15.2. The largest absolute Gasteiger partial charge is 0.311 e. The van der Waals surface area contributed by atoms with E-state index in [1.165, 1.54) is 66.7 Å². The van der Waals surface area contributed by atoms with Crippen LogP contribution in [0, 0.1) is 0 Å². The van der Waals surface area contributed by atoms with Crippen LogP contribution < -0.4 is 26.2 Å². The van der Waals surface area contributed by atoms with E-state index in [0.717, 1.165) is 22.7 Å². The van der Waals surface area contributed by atoms with Gasteiger partial charge >= 0.3 is 0 Å². The van der Waals surface area contributed by atoms with Gasteiger partial charge in [-0.25, -0.2) is 0 Å². The van der Waals surface area contributed by atoms with E-state index in [-0.39, 0.29) is 33.8 Å². The molecule has 2 aliphatic heterocycles. The molecule has 302 valence electrons. The van der Waals surface area contributed by atoms with E-state index < -0.39 is 0 Å². The molecule has 0 saturated heterocycles. The van der Waals surface area contributed by atoms with Crippen molar-refractivity contribution in [1.82, 2.24) is 0 Å². The molecule has 2 nitrogen and oxygen atoms in total. The van der Waals surface area contributed by atoms with Crippen molar-refractivity contribution in [2.45, 2.75) is 131 Å². The summed E-state index contributed by atoms with van der Waals surface area (Å²) >= 11 is 0. The Kier molecular flexibility index (Phi) is 9.20. The molecule has 6 aromatic carbocycles. The van der Waals surface area contributed by atoms with Gasteiger partial charge < -0.3 is 9.80 Å². The third kappa shape index (κ3) is 7.23. The van der Waals surface area contributed by atoms with Crippen molar-refractivity contribution in [1.29, 1.82) is 0 Å². The second-order valence-corrected chi connectivity index (χ2v) is 22.4. The van der Waals surface area contributed by atoms with Gasteiger partial charge in [-0.05, 0) is 125 Å². The van der Waals surface area contributed by atoms with E-state index in [1.54, 1.807) is 0 Å². The van der Waals surface area contributed by atoms with E-state index in [0.29, 0.717) is 6.04 Å². The standard InChI is InChI=1S/C56H65BN2/c1-52(2,3)37-21-19-36(20-22-37)43-33-39(54(7,8)9)26-31-46(43)59-49-18-16-17-48-51(49)57(44-30-25-41(35-50(44)59)56(13,14)15)45-34-40(55(10,11)12)27-32-47(45)58(48)42-28-23-38(24-29-42)53(4,5)6/h16-35H,1-15H3/i16D. The van der Waals surface area contributed by atoms with Gasteiger partial charge in [0.1, 0.15) is 0 Å². The molecule has 6 aromatic rings. The number of fused-ring (bicyclic) bond motifs is 4. The Hall–Kier alpha value is -5.02. The third-order valence-electron chi connectivity index (χ3n) is 12.8. The highest BCUT2D eigenvalue weighted by Crippen LogP contribution is 2.48. The zero-order valence-electron chi connectivity index (χ0n) is 39.4. The van der Waals surface area contributed by atoms with Crippen LogP contribution in [0.3, 0.4) is 0 Å². The van der Waals surface area contributed by atoms with Crippen LogP contribution in [0.15, 0.2) is 121 Å². The van der Waals surface area contributed by atoms with Crippen molar-refractivity contribution in [3.05, 3.63) is 149 Å². The fraction of sp³-hybridized carbons (Fsp3) is 0.357. The third-order valence-corrected chi connectivity index (χ3v) is 12.8. The average Bonchev–Trinajstić information content (AvgIpc) is 3.15. The summed E-state index contributed by atoms with van der Waals surface area (Å²) in [6.07, 6.45) is 0. The van der Waals surface area contributed by atoms with Crippen molar-refractivity contribution >= 4 is 57.2 Å². The van der Waals surface area contributed by atoms with Gasteiger partial charge in [0.25, 0.3) is 6.71 Å². The molecule has 0 radical (unpaired) electrons. The van der Waals surface area contributed by atoms with Crippen LogP contribution in [0.4, 0.5) is 34.1 Å². The Morgan fingerprint density at radius 2 is 0.814 bits per heavy atom. The quantitative estimate of drug-likeness (QED) is 0.165. The van der Waals surface area contributed by atoms with E-state index in [2.05, 4.69) is 229 Å². The molecule has 0 spiro atoms. The predicted octanol–water partition coefficient (Wildman–Crippen LogP) is 13.9. The maximum atomic E-state index is 9.58. The van der Waals surface area contributed by atoms with Crippen molar-refractivity contribution in [2.75, 3.05) is 9.80 Å². The number of benzene rings is 6. The van der Waals surface area contributed by atoms with Crippen LogP contribution in [-0.2, 0) is 27.1 Å². The molecule has 0 bridgehead atoms. The number of rotatable bonds is 3. The lowest BCUT2D eigenvalue weighted by molar-refractivity contribution is 0.589. The maximum absolute atomic E-state index is 9.58. The first-order valence-corrected chi connectivity index (χ1v) is 21.7. The highest BCUT2D eigenvalue weighted by Gasteiger charge is 2.44. The van der Waals surface area contributed by atoms with Gasteiger partial charge in [-0.1, -0.05) is 177 Å². The van der Waals surface area contributed by atoms with Crippen LogP contribution in [-0.4, -0.2) is 6.71 Å². The van der Waals surface area contributed by atoms with E-state index in [1.807, 2.05) is 0 Å². The smallest absolute Gasteiger partial charge is 0.252 e.